The number of furan rings is 1. The lowest BCUT2D eigenvalue weighted by Gasteiger charge is -2.00. The molecule has 0 aliphatic carbocycles. The lowest BCUT2D eigenvalue weighted by atomic mass is 10.2. The number of methoxy groups -OCH3 is 1. The number of rotatable bonds is 6. The molecule has 0 spiro atoms. The number of carbonyl (C=O) groups is 1. The van der Waals surface area contributed by atoms with Gasteiger partial charge in [0.1, 0.15) is 5.58 Å². The number of Topliss-reactive ketones (excluding diaryl/α,β-unsaturated/α-hetero) is 1. The predicted octanol–water partition coefficient (Wildman–Crippen LogP) is 2.16. The summed E-state index contributed by atoms with van der Waals surface area (Å²) in [5, 5.41) is 3.97. The van der Waals surface area contributed by atoms with Crippen LogP contribution < -0.4 is 5.32 Å². The molecule has 1 N–H and O–H groups in total. The monoisotopic (exact) mass is 247 g/mol. The number of nitrogens with one attached hydrogen (secondary N) is 1. The molecule has 0 fully saturated rings. The molecule has 0 radical (unpaired) electrons. The molecule has 4 nitrogen and oxygen atoms in total. The van der Waals surface area contributed by atoms with E-state index in [9.17, 15) is 4.79 Å². The van der Waals surface area contributed by atoms with Crippen molar-refractivity contribution >= 4 is 16.8 Å². The molecule has 0 atom stereocenters. The summed E-state index contributed by atoms with van der Waals surface area (Å²) >= 11 is 0. The van der Waals surface area contributed by atoms with Crippen molar-refractivity contribution in [1.29, 1.82) is 0 Å². The minimum Gasteiger partial charge on any atom is -0.453 e. The Morgan fingerprint density at radius 2 is 2.22 bits per heavy atom. The highest BCUT2D eigenvalue weighted by molar-refractivity contribution is 5.98. The Kier molecular flexibility index (Phi) is 4.12. The average Bonchev–Trinajstić information content (AvgIpc) is 2.77. The smallest absolute Gasteiger partial charge is 0.211 e. The van der Waals surface area contributed by atoms with Crippen molar-refractivity contribution in [3.05, 3.63) is 35.6 Å². The molecular formula is C14H17NO3. The van der Waals surface area contributed by atoms with E-state index in [1.54, 1.807) is 13.2 Å². The van der Waals surface area contributed by atoms with Crippen LogP contribution in [-0.2, 0) is 4.74 Å². The second kappa shape index (κ2) is 5.80. The van der Waals surface area contributed by atoms with Crippen LogP contribution in [0, 0.1) is 6.92 Å². The molecule has 1 aromatic carbocycles. The summed E-state index contributed by atoms with van der Waals surface area (Å²) in [4.78, 5) is 11.9. The number of fused-ring (bicyclic) bond motifs is 1. The third-order valence-electron chi connectivity index (χ3n) is 2.72. The van der Waals surface area contributed by atoms with Crippen molar-refractivity contribution in [3.63, 3.8) is 0 Å². The Bertz CT molecular complexity index is 545. The van der Waals surface area contributed by atoms with E-state index in [1.807, 2.05) is 25.1 Å². The van der Waals surface area contributed by atoms with Gasteiger partial charge in [-0.2, -0.15) is 0 Å². The topological polar surface area (TPSA) is 51.5 Å². The molecule has 0 unspecified atom stereocenters. The molecule has 96 valence electrons. The Hall–Kier alpha value is -1.65. The van der Waals surface area contributed by atoms with E-state index in [2.05, 4.69) is 5.32 Å². The second-order valence-electron chi connectivity index (χ2n) is 4.24. The first kappa shape index (κ1) is 12.8. The van der Waals surface area contributed by atoms with Gasteiger partial charge >= 0.3 is 0 Å². The Morgan fingerprint density at radius 3 is 3.00 bits per heavy atom. The number of aryl methyl sites for hydroxylation is 1. The highest BCUT2D eigenvalue weighted by Gasteiger charge is 2.11. The summed E-state index contributed by atoms with van der Waals surface area (Å²) < 4.78 is 10.4. The fraction of sp³-hybridized carbons (Fsp3) is 0.357. The molecule has 18 heavy (non-hydrogen) atoms. The molecule has 0 aliphatic heterocycles. The predicted molar refractivity (Wildman–Crippen MR) is 70.0 cm³/mol. The van der Waals surface area contributed by atoms with Crippen LogP contribution in [0.5, 0.6) is 0 Å². The van der Waals surface area contributed by atoms with Gasteiger partial charge in [-0.3, -0.25) is 4.79 Å². The van der Waals surface area contributed by atoms with Gasteiger partial charge < -0.3 is 14.5 Å². The molecule has 0 amide bonds. The van der Waals surface area contributed by atoms with Crippen LogP contribution in [0.4, 0.5) is 0 Å². The highest BCUT2D eigenvalue weighted by atomic mass is 16.5. The Labute approximate surface area is 106 Å². The van der Waals surface area contributed by atoms with Gasteiger partial charge in [-0.1, -0.05) is 11.6 Å². The standard InChI is InChI=1S/C14H17NO3/c1-10-3-4-13-11(7-10)8-14(18-13)12(16)9-15-5-6-17-2/h3-4,7-8,15H,5-6,9H2,1-2H3. The zero-order valence-electron chi connectivity index (χ0n) is 10.7. The molecule has 0 bridgehead atoms. The summed E-state index contributed by atoms with van der Waals surface area (Å²) in [6.45, 7) is 3.52. The van der Waals surface area contributed by atoms with Gasteiger partial charge in [0.25, 0.3) is 0 Å². The second-order valence-corrected chi connectivity index (χ2v) is 4.24. The van der Waals surface area contributed by atoms with Crippen molar-refractivity contribution in [3.8, 4) is 0 Å². The number of hydrogen-bond donors (Lipinski definition) is 1. The number of benzene rings is 1. The first-order chi connectivity index (χ1) is 8.70. The molecular weight excluding hydrogens is 230 g/mol. The summed E-state index contributed by atoms with van der Waals surface area (Å²) in [5.41, 5.74) is 1.90. The zero-order valence-corrected chi connectivity index (χ0v) is 10.7. The lowest BCUT2D eigenvalue weighted by molar-refractivity contribution is 0.0963. The largest absolute Gasteiger partial charge is 0.453 e. The van der Waals surface area contributed by atoms with E-state index in [1.165, 1.54) is 0 Å². The van der Waals surface area contributed by atoms with Crippen molar-refractivity contribution in [2.75, 3.05) is 26.8 Å². The first-order valence-electron chi connectivity index (χ1n) is 5.94. The van der Waals surface area contributed by atoms with E-state index in [0.717, 1.165) is 16.5 Å². The van der Waals surface area contributed by atoms with E-state index in [-0.39, 0.29) is 12.3 Å². The fourth-order valence-corrected chi connectivity index (χ4v) is 1.76. The van der Waals surface area contributed by atoms with Gasteiger partial charge in [-0.25, -0.2) is 0 Å². The van der Waals surface area contributed by atoms with Crippen molar-refractivity contribution < 1.29 is 13.9 Å². The van der Waals surface area contributed by atoms with Crippen molar-refractivity contribution in [2.45, 2.75) is 6.92 Å². The Morgan fingerprint density at radius 1 is 1.39 bits per heavy atom. The van der Waals surface area contributed by atoms with Crippen LogP contribution in [0.2, 0.25) is 0 Å². The van der Waals surface area contributed by atoms with Gasteiger partial charge in [0.15, 0.2) is 5.76 Å². The molecule has 0 saturated carbocycles. The molecule has 0 aliphatic rings. The van der Waals surface area contributed by atoms with Gasteiger partial charge in [0, 0.05) is 19.0 Å². The number of ketones is 1. The van der Waals surface area contributed by atoms with E-state index >= 15 is 0 Å². The van der Waals surface area contributed by atoms with Crippen molar-refractivity contribution in [1.82, 2.24) is 5.32 Å². The number of ether oxygens (including phenoxy) is 1. The van der Waals surface area contributed by atoms with Gasteiger partial charge in [-0.15, -0.1) is 0 Å². The maximum absolute atomic E-state index is 11.9. The molecule has 0 saturated heterocycles. The van der Waals surface area contributed by atoms with Gasteiger partial charge in [0.05, 0.1) is 13.2 Å². The molecule has 1 heterocycles. The third kappa shape index (κ3) is 2.97. The summed E-state index contributed by atoms with van der Waals surface area (Å²) in [6, 6.07) is 7.66. The normalized spacial score (nSPS) is 11.0. The molecule has 4 heteroatoms. The maximum Gasteiger partial charge on any atom is 0.211 e. The molecule has 2 rings (SSSR count). The maximum atomic E-state index is 11.9. The number of hydrogen-bond acceptors (Lipinski definition) is 4. The van der Waals surface area contributed by atoms with Crippen LogP contribution in [0.1, 0.15) is 16.1 Å². The SMILES string of the molecule is COCCNCC(=O)c1cc2cc(C)ccc2o1. The van der Waals surface area contributed by atoms with Crippen LogP contribution in [0.15, 0.2) is 28.7 Å². The minimum absolute atomic E-state index is 0.0417. The minimum atomic E-state index is -0.0417. The fourth-order valence-electron chi connectivity index (χ4n) is 1.76. The van der Waals surface area contributed by atoms with Crippen LogP contribution in [-0.4, -0.2) is 32.6 Å². The van der Waals surface area contributed by atoms with Gasteiger partial charge in [0.2, 0.25) is 5.78 Å². The summed E-state index contributed by atoms with van der Waals surface area (Å²) in [6.07, 6.45) is 0. The van der Waals surface area contributed by atoms with E-state index < -0.39 is 0 Å². The lowest BCUT2D eigenvalue weighted by Crippen LogP contribution is -2.26. The summed E-state index contributed by atoms with van der Waals surface area (Å²) in [5.74, 6) is 0.362. The highest BCUT2D eigenvalue weighted by Crippen LogP contribution is 2.20. The zero-order chi connectivity index (χ0) is 13.0. The number of carbonyl (C=O) groups excluding carboxylic acids is 1. The Balaban J connectivity index is 2.04. The van der Waals surface area contributed by atoms with Crippen LogP contribution >= 0.6 is 0 Å². The average molecular weight is 247 g/mol. The van der Waals surface area contributed by atoms with Crippen molar-refractivity contribution in [2.24, 2.45) is 0 Å². The molecule has 2 aromatic rings. The first-order valence-corrected chi connectivity index (χ1v) is 5.94. The quantitative estimate of drug-likeness (QED) is 0.628. The molecule has 1 aromatic heterocycles. The van der Waals surface area contributed by atoms with Crippen LogP contribution in [0.25, 0.3) is 11.0 Å². The van der Waals surface area contributed by atoms with Crippen LogP contribution in [0.3, 0.4) is 0 Å². The summed E-state index contributed by atoms with van der Waals surface area (Å²) in [7, 11) is 1.63. The van der Waals surface area contributed by atoms with E-state index in [4.69, 9.17) is 9.15 Å². The van der Waals surface area contributed by atoms with E-state index in [0.29, 0.717) is 18.9 Å². The van der Waals surface area contributed by atoms with Gasteiger partial charge in [-0.05, 0) is 25.1 Å². The third-order valence-corrected chi connectivity index (χ3v) is 2.72.